The van der Waals surface area contributed by atoms with Crippen LogP contribution in [-0.4, -0.2) is 11.6 Å². The minimum atomic E-state index is 0.156. The van der Waals surface area contributed by atoms with Gasteiger partial charge in [-0.3, -0.25) is 9.59 Å². The van der Waals surface area contributed by atoms with Crippen molar-refractivity contribution in [3.63, 3.8) is 0 Å². The van der Waals surface area contributed by atoms with Gasteiger partial charge in [0.2, 0.25) is 0 Å². The lowest BCUT2D eigenvalue weighted by atomic mass is 9.71. The van der Waals surface area contributed by atoms with Gasteiger partial charge in [0.1, 0.15) is 11.6 Å². The largest absolute Gasteiger partial charge is 0.299 e. The topological polar surface area (TPSA) is 34.1 Å². The smallest absolute Gasteiger partial charge is 0.136 e. The normalized spacial score (nSPS) is 31.9. The first kappa shape index (κ1) is 15.7. The van der Waals surface area contributed by atoms with Gasteiger partial charge in [0.25, 0.3) is 0 Å². The van der Waals surface area contributed by atoms with E-state index in [-0.39, 0.29) is 17.8 Å². The van der Waals surface area contributed by atoms with Gasteiger partial charge in [0.05, 0.1) is 0 Å². The summed E-state index contributed by atoms with van der Waals surface area (Å²) in [4.78, 5) is 24.8. The van der Waals surface area contributed by atoms with Crippen molar-refractivity contribution in [1.29, 1.82) is 0 Å². The summed E-state index contributed by atoms with van der Waals surface area (Å²) in [6, 6.07) is 0. The number of ketones is 2. The van der Waals surface area contributed by atoms with Crippen molar-refractivity contribution in [2.45, 2.75) is 84.0 Å². The number of Topliss-reactive ketones (excluding diaryl/α,β-unsaturated/α-hetero) is 2. The van der Waals surface area contributed by atoms with Gasteiger partial charge in [0.15, 0.2) is 0 Å². The predicted molar refractivity (Wildman–Crippen MR) is 81.6 cm³/mol. The van der Waals surface area contributed by atoms with Gasteiger partial charge in [-0.05, 0) is 31.6 Å². The Morgan fingerprint density at radius 3 is 1.55 bits per heavy atom. The van der Waals surface area contributed by atoms with Gasteiger partial charge < -0.3 is 0 Å². The highest BCUT2D eigenvalue weighted by atomic mass is 16.1. The van der Waals surface area contributed by atoms with E-state index >= 15 is 0 Å². The summed E-state index contributed by atoms with van der Waals surface area (Å²) in [5.74, 6) is 1.46. The summed E-state index contributed by atoms with van der Waals surface area (Å²) in [5.41, 5.74) is 0. The zero-order chi connectivity index (χ0) is 14.4. The van der Waals surface area contributed by atoms with E-state index < -0.39 is 0 Å². The molecule has 2 rings (SSSR count). The molecule has 0 aromatic heterocycles. The van der Waals surface area contributed by atoms with Crippen LogP contribution >= 0.6 is 0 Å². The van der Waals surface area contributed by atoms with Gasteiger partial charge in [-0.1, -0.05) is 45.4 Å². The van der Waals surface area contributed by atoms with Crippen molar-refractivity contribution in [1.82, 2.24) is 0 Å². The monoisotopic (exact) mass is 278 g/mol. The van der Waals surface area contributed by atoms with Crippen LogP contribution in [0.15, 0.2) is 0 Å². The molecule has 0 amide bonds. The Kier molecular flexibility index (Phi) is 6.25. The van der Waals surface area contributed by atoms with Crippen molar-refractivity contribution in [2.24, 2.45) is 17.8 Å². The zero-order valence-electron chi connectivity index (χ0n) is 13.0. The van der Waals surface area contributed by atoms with E-state index in [4.69, 9.17) is 0 Å². The van der Waals surface area contributed by atoms with Crippen LogP contribution < -0.4 is 0 Å². The van der Waals surface area contributed by atoms with E-state index in [1.54, 1.807) is 0 Å². The van der Waals surface area contributed by atoms with E-state index in [1.165, 1.54) is 38.5 Å². The highest BCUT2D eigenvalue weighted by Gasteiger charge is 2.34. The van der Waals surface area contributed by atoms with Crippen molar-refractivity contribution in [3.8, 4) is 0 Å². The molecular weight excluding hydrogens is 248 g/mol. The third-order valence-corrected chi connectivity index (χ3v) is 5.47. The Balaban J connectivity index is 2.03. The molecule has 2 aliphatic carbocycles. The first-order valence-electron chi connectivity index (χ1n) is 8.75. The standard InChI is InChI=1S/C18H30O2/c1-14(15-10-6-2-4-8-12-17(15)19)16-11-7-3-5-9-13-18(16)20/h14-16H,2-13H2,1H3. The fourth-order valence-corrected chi connectivity index (χ4v) is 4.12. The second-order valence-electron chi connectivity index (χ2n) is 6.91. The Morgan fingerprint density at radius 2 is 1.10 bits per heavy atom. The van der Waals surface area contributed by atoms with E-state index in [2.05, 4.69) is 6.92 Å². The molecule has 114 valence electrons. The third-order valence-electron chi connectivity index (χ3n) is 5.47. The maximum atomic E-state index is 12.4. The van der Waals surface area contributed by atoms with Gasteiger partial charge in [0, 0.05) is 24.7 Å². The minimum absolute atomic E-state index is 0.156. The molecule has 2 nitrogen and oxygen atoms in total. The lowest BCUT2D eigenvalue weighted by molar-refractivity contribution is -0.130. The van der Waals surface area contributed by atoms with E-state index in [9.17, 15) is 9.59 Å². The zero-order valence-corrected chi connectivity index (χ0v) is 13.0. The number of hydrogen-bond donors (Lipinski definition) is 0. The quantitative estimate of drug-likeness (QED) is 0.733. The highest BCUT2D eigenvalue weighted by Crippen LogP contribution is 2.35. The van der Waals surface area contributed by atoms with Crippen molar-refractivity contribution in [3.05, 3.63) is 0 Å². The van der Waals surface area contributed by atoms with Crippen molar-refractivity contribution in [2.75, 3.05) is 0 Å². The average molecular weight is 278 g/mol. The van der Waals surface area contributed by atoms with Crippen LogP contribution in [0, 0.1) is 17.8 Å². The summed E-state index contributed by atoms with van der Waals surface area (Å²) in [5, 5.41) is 0. The molecule has 2 aliphatic rings. The van der Waals surface area contributed by atoms with Crippen LogP contribution in [0.4, 0.5) is 0 Å². The van der Waals surface area contributed by atoms with E-state index in [0.717, 1.165) is 38.5 Å². The first-order chi connectivity index (χ1) is 9.70. The molecular formula is C18H30O2. The molecule has 2 fully saturated rings. The highest BCUT2D eigenvalue weighted by molar-refractivity contribution is 5.84. The molecule has 2 saturated carbocycles. The molecule has 0 saturated heterocycles. The number of carbonyl (C=O) groups is 2. The minimum Gasteiger partial charge on any atom is -0.299 e. The molecule has 2 heteroatoms. The second-order valence-corrected chi connectivity index (χ2v) is 6.91. The number of rotatable bonds is 2. The first-order valence-corrected chi connectivity index (χ1v) is 8.75. The third kappa shape index (κ3) is 4.17. The molecule has 0 aliphatic heterocycles. The molecule has 20 heavy (non-hydrogen) atoms. The van der Waals surface area contributed by atoms with Crippen LogP contribution in [0.5, 0.6) is 0 Å². The maximum Gasteiger partial charge on any atom is 0.136 e. The molecule has 2 unspecified atom stereocenters. The van der Waals surface area contributed by atoms with E-state index in [0.29, 0.717) is 11.6 Å². The van der Waals surface area contributed by atoms with Crippen LogP contribution in [0.3, 0.4) is 0 Å². The Labute approximate surface area is 123 Å². The molecule has 0 aromatic carbocycles. The summed E-state index contributed by atoms with van der Waals surface area (Å²) in [6.45, 7) is 2.17. The second kappa shape index (κ2) is 7.95. The molecule has 0 heterocycles. The predicted octanol–water partition coefficient (Wildman–Crippen LogP) is 4.70. The lowest BCUT2D eigenvalue weighted by Crippen LogP contribution is -2.33. The Morgan fingerprint density at radius 1 is 0.700 bits per heavy atom. The fourth-order valence-electron chi connectivity index (χ4n) is 4.12. The summed E-state index contributed by atoms with van der Waals surface area (Å²) in [7, 11) is 0. The maximum absolute atomic E-state index is 12.4. The SMILES string of the molecule is CC(C1CCCCCCC1=O)C1CCCCCCC1=O. The Hall–Kier alpha value is -0.660. The molecule has 0 aromatic rings. The summed E-state index contributed by atoms with van der Waals surface area (Å²) in [6.07, 6.45) is 12.9. The van der Waals surface area contributed by atoms with Gasteiger partial charge in [-0.2, -0.15) is 0 Å². The number of carbonyl (C=O) groups excluding carboxylic acids is 2. The van der Waals surface area contributed by atoms with Crippen molar-refractivity contribution < 1.29 is 9.59 Å². The van der Waals surface area contributed by atoms with Gasteiger partial charge in [-0.15, -0.1) is 0 Å². The number of hydrogen-bond acceptors (Lipinski definition) is 2. The molecule has 0 N–H and O–H groups in total. The molecule has 0 spiro atoms. The average Bonchev–Trinajstić information content (AvgIpc) is 2.38. The van der Waals surface area contributed by atoms with Crippen LogP contribution in [0.1, 0.15) is 84.0 Å². The lowest BCUT2D eigenvalue weighted by Gasteiger charge is -2.31. The van der Waals surface area contributed by atoms with E-state index in [1.807, 2.05) is 0 Å². The van der Waals surface area contributed by atoms with Gasteiger partial charge in [-0.25, -0.2) is 0 Å². The van der Waals surface area contributed by atoms with Gasteiger partial charge >= 0.3 is 0 Å². The van der Waals surface area contributed by atoms with Crippen LogP contribution in [0.25, 0.3) is 0 Å². The van der Waals surface area contributed by atoms with Crippen LogP contribution in [-0.2, 0) is 9.59 Å². The molecule has 2 atom stereocenters. The molecule has 0 bridgehead atoms. The Bertz CT molecular complexity index is 302. The van der Waals surface area contributed by atoms with Crippen LogP contribution in [0.2, 0.25) is 0 Å². The fraction of sp³-hybridized carbons (Fsp3) is 0.889. The summed E-state index contributed by atoms with van der Waals surface area (Å²) >= 11 is 0. The summed E-state index contributed by atoms with van der Waals surface area (Å²) < 4.78 is 0. The molecule has 0 radical (unpaired) electrons. The van der Waals surface area contributed by atoms with Crippen molar-refractivity contribution >= 4 is 11.6 Å².